The first-order valence-corrected chi connectivity index (χ1v) is 12.6. The molecule has 2 unspecified atom stereocenters. The van der Waals surface area contributed by atoms with Crippen LogP contribution in [0.4, 0.5) is 0 Å². The number of fused-ring (bicyclic) bond motifs is 1. The Morgan fingerprint density at radius 3 is 2.52 bits per heavy atom. The van der Waals surface area contributed by atoms with E-state index in [4.69, 9.17) is 9.72 Å². The predicted molar refractivity (Wildman–Crippen MR) is 122 cm³/mol. The van der Waals surface area contributed by atoms with E-state index >= 15 is 0 Å². The van der Waals surface area contributed by atoms with Crippen molar-refractivity contribution < 1.29 is 9.53 Å². The maximum Gasteiger partial charge on any atom is 0.332 e. The van der Waals surface area contributed by atoms with Crippen molar-refractivity contribution in [2.24, 2.45) is 17.8 Å². The highest BCUT2D eigenvalue weighted by Gasteiger charge is 2.59. The predicted octanol–water partition coefficient (Wildman–Crippen LogP) is 1.62. The summed E-state index contributed by atoms with van der Waals surface area (Å²) in [5, 5.41) is 0. The number of hydrogen-bond donors (Lipinski definition) is 1. The van der Waals surface area contributed by atoms with Crippen molar-refractivity contribution in [2.75, 3.05) is 26.3 Å². The second kappa shape index (κ2) is 7.82. The minimum absolute atomic E-state index is 0.00711. The van der Waals surface area contributed by atoms with Gasteiger partial charge in [-0.25, -0.2) is 9.78 Å². The molecule has 0 spiro atoms. The highest BCUT2D eigenvalue weighted by Crippen LogP contribution is 2.65. The lowest BCUT2D eigenvalue weighted by atomic mass is 9.75. The topological polar surface area (TPSA) is 102 Å². The standard InChI is InChI=1S/C24H33N5O4/c1-2-4-29-21(31)19-20(28(23(29)32)5-3-18(30)27-6-8-33-9-7-27)26-22(25-19)24-13-15-10-16(14-24)12-17(24)11-15/h15-17H,2-14H2,1H3,(H,25,26). The molecule has 1 amide bonds. The molecule has 178 valence electrons. The first-order chi connectivity index (χ1) is 16.0. The summed E-state index contributed by atoms with van der Waals surface area (Å²) in [6.45, 7) is 4.79. The van der Waals surface area contributed by atoms with E-state index in [1.54, 1.807) is 9.47 Å². The molecule has 9 nitrogen and oxygen atoms in total. The smallest absolute Gasteiger partial charge is 0.332 e. The Bertz CT molecular complexity index is 1190. The normalized spacial score (nSPS) is 30.6. The van der Waals surface area contributed by atoms with Gasteiger partial charge in [-0.2, -0.15) is 0 Å². The monoisotopic (exact) mass is 455 g/mol. The number of aromatic nitrogens is 4. The number of imidazole rings is 1. The summed E-state index contributed by atoms with van der Waals surface area (Å²) in [5.41, 5.74) is 0.205. The second-order valence-corrected chi connectivity index (χ2v) is 10.6. The molecule has 1 aliphatic heterocycles. The third-order valence-electron chi connectivity index (χ3n) is 8.68. The van der Waals surface area contributed by atoms with Crippen LogP contribution >= 0.6 is 0 Å². The van der Waals surface area contributed by atoms with Gasteiger partial charge in [-0.05, 0) is 56.3 Å². The van der Waals surface area contributed by atoms with Gasteiger partial charge in [-0.3, -0.25) is 18.7 Å². The number of hydrogen-bond acceptors (Lipinski definition) is 5. The van der Waals surface area contributed by atoms with Crippen molar-refractivity contribution >= 4 is 17.1 Å². The van der Waals surface area contributed by atoms with Gasteiger partial charge in [0.1, 0.15) is 11.3 Å². The molecule has 4 bridgehead atoms. The van der Waals surface area contributed by atoms with E-state index in [2.05, 4.69) is 4.98 Å². The van der Waals surface area contributed by atoms with Crippen LogP contribution in [0.15, 0.2) is 9.59 Å². The molecule has 3 heterocycles. The van der Waals surface area contributed by atoms with Gasteiger partial charge in [0.15, 0.2) is 5.65 Å². The van der Waals surface area contributed by atoms with Crippen molar-refractivity contribution in [1.82, 2.24) is 24.0 Å². The molecular weight excluding hydrogens is 422 g/mol. The molecule has 0 aromatic carbocycles. The van der Waals surface area contributed by atoms with Gasteiger partial charge in [-0.15, -0.1) is 0 Å². The number of nitrogens with zero attached hydrogens (tertiary/aromatic N) is 4. The molecule has 1 N–H and O–H groups in total. The molecule has 2 aromatic rings. The SMILES string of the molecule is CCCn1c(=O)c2[nH]c(C34CC5CC(CC3C5)C4)nc2n(CCC(=O)N2CCOCC2)c1=O. The Hall–Kier alpha value is -2.42. The van der Waals surface area contributed by atoms with Crippen molar-refractivity contribution in [1.29, 1.82) is 0 Å². The van der Waals surface area contributed by atoms with Crippen LogP contribution in [0.25, 0.3) is 11.2 Å². The van der Waals surface area contributed by atoms with E-state index < -0.39 is 0 Å². The van der Waals surface area contributed by atoms with Crippen LogP contribution in [-0.2, 0) is 28.0 Å². The van der Waals surface area contributed by atoms with Gasteiger partial charge in [0.25, 0.3) is 5.56 Å². The molecule has 2 aromatic heterocycles. The average molecular weight is 456 g/mol. The van der Waals surface area contributed by atoms with Crippen LogP contribution in [-0.4, -0.2) is 56.2 Å². The Morgan fingerprint density at radius 2 is 1.82 bits per heavy atom. The molecule has 2 atom stereocenters. The molecule has 9 heteroatoms. The van der Waals surface area contributed by atoms with Crippen LogP contribution < -0.4 is 11.2 Å². The van der Waals surface area contributed by atoms with Crippen LogP contribution in [0.2, 0.25) is 0 Å². The van der Waals surface area contributed by atoms with E-state index in [1.807, 2.05) is 6.92 Å². The lowest BCUT2D eigenvalue weighted by Gasteiger charge is -2.30. The van der Waals surface area contributed by atoms with E-state index in [9.17, 15) is 14.4 Å². The summed E-state index contributed by atoms with van der Waals surface area (Å²) in [6.07, 6.45) is 7.01. The average Bonchev–Trinajstić information content (AvgIpc) is 3.44. The Morgan fingerprint density at radius 1 is 1.09 bits per heavy atom. The van der Waals surface area contributed by atoms with Gasteiger partial charge in [0.05, 0.1) is 13.2 Å². The second-order valence-electron chi connectivity index (χ2n) is 10.6. The Labute approximate surface area is 192 Å². The van der Waals surface area contributed by atoms with Crippen LogP contribution in [0.5, 0.6) is 0 Å². The van der Waals surface area contributed by atoms with Gasteiger partial charge in [0.2, 0.25) is 5.91 Å². The fraction of sp³-hybridized carbons (Fsp3) is 0.750. The third kappa shape index (κ3) is 3.22. The van der Waals surface area contributed by atoms with Crippen molar-refractivity contribution in [3.8, 4) is 0 Å². The molecule has 7 rings (SSSR count). The highest BCUT2D eigenvalue weighted by atomic mass is 16.5. The molecule has 4 saturated carbocycles. The number of carbonyl (C=O) groups is 1. The number of carbonyl (C=O) groups excluding carboxylic acids is 1. The summed E-state index contributed by atoms with van der Waals surface area (Å²) >= 11 is 0. The highest BCUT2D eigenvalue weighted by molar-refractivity contribution is 5.76. The quantitative estimate of drug-likeness (QED) is 0.713. The first kappa shape index (κ1) is 21.1. The summed E-state index contributed by atoms with van der Waals surface area (Å²) in [5.74, 6) is 3.06. The van der Waals surface area contributed by atoms with E-state index in [-0.39, 0.29) is 35.5 Å². The maximum absolute atomic E-state index is 13.3. The van der Waals surface area contributed by atoms with E-state index in [0.717, 1.165) is 30.5 Å². The summed E-state index contributed by atoms with van der Waals surface area (Å²) < 4.78 is 8.20. The van der Waals surface area contributed by atoms with Gasteiger partial charge < -0.3 is 14.6 Å². The van der Waals surface area contributed by atoms with Gasteiger partial charge in [-0.1, -0.05) is 6.92 Å². The van der Waals surface area contributed by atoms with Crippen LogP contribution in [0.1, 0.15) is 57.7 Å². The summed E-state index contributed by atoms with van der Waals surface area (Å²) in [4.78, 5) is 49.5. The number of aryl methyl sites for hydroxylation is 1. The number of ether oxygens (including phenoxy) is 1. The molecule has 33 heavy (non-hydrogen) atoms. The number of rotatable bonds is 6. The van der Waals surface area contributed by atoms with Crippen LogP contribution in [0.3, 0.4) is 0 Å². The van der Waals surface area contributed by atoms with Gasteiger partial charge in [0, 0.05) is 38.0 Å². The molecule has 0 radical (unpaired) electrons. The Kier molecular flexibility index (Phi) is 5.01. The van der Waals surface area contributed by atoms with Crippen molar-refractivity contribution in [2.45, 2.75) is 70.4 Å². The first-order valence-electron chi connectivity index (χ1n) is 12.6. The van der Waals surface area contributed by atoms with E-state index in [1.165, 1.54) is 23.8 Å². The van der Waals surface area contributed by atoms with Crippen molar-refractivity contribution in [3.63, 3.8) is 0 Å². The van der Waals surface area contributed by atoms with Crippen LogP contribution in [0, 0.1) is 17.8 Å². The summed E-state index contributed by atoms with van der Waals surface area (Å²) in [6, 6.07) is 0. The maximum atomic E-state index is 13.3. The van der Waals surface area contributed by atoms with Crippen molar-refractivity contribution in [3.05, 3.63) is 26.7 Å². The number of H-pyrrole nitrogens is 1. The summed E-state index contributed by atoms with van der Waals surface area (Å²) in [7, 11) is 0. The molecule has 1 saturated heterocycles. The zero-order valence-electron chi connectivity index (χ0n) is 19.3. The fourth-order valence-corrected chi connectivity index (χ4v) is 7.39. The third-order valence-corrected chi connectivity index (χ3v) is 8.68. The fourth-order valence-electron chi connectivity index (χ4n) is 7.39. The van der Waals surface area contributed by atoms with E-state index in [0.29, 0.717) is 56.4 Å². The molecule has 4 aliphatic carbocycles. The molecule has 5 aliphatic rings. The number of nitrogens with one attached hydrogen (secondary N) is 1. The zero-order chi connectivity index (χ0) is 22.7. The molecular formula is C24H33N5O4. The Balaban J connectivity index is 1.39. The largest absolute Gasteiger partial charge is 0.378 e. The number of amides is 1. The number of aromatic amines is 1. The molecule has 5 fully saturated rings. The lowest BCUT2D eigenvalue weighted by molar-refractivity contribution is -0.135. The minimum atomic E-state index is -0.364. The van der Waals surface area contributed by atoms with Gasteiger partial charge >= 0.3 is 5.69 Å². The minimum Gasteiger partial charge on any atom is -0.378 e. The zero-order valence-corrected chi connectivity index (χ0v) is 19.3. The lowest BCUT2D eigenvalue weighted by Crippen LogP contribution is -2.43. The number of morpholine rings is 1.